The van der Waals surface area contributed by atoms with E-state index in [1.807, 2.05) is 12.1 Å². The maximum atomic E-state index is 14.2. The minimum atomic E-state index is -1.15. The first kappa shape index (κ1) is 18.4. The lowest BCUT2D eigenvalue weighted by Crippen LogP contribution is -2.19. The van der Waals surface area contributed by atoms with Crippen molar-refractivity contribution in [2.24, 2.45) is 0 Å². The third-order valence-corrected chi connectivity index (χ3v) is 3.95. The van der Waals surface area contributed by atoms with Crippen molar-refractivity contribution >= 4 is 21.7 Å². The van der Waals surface area contributed by atoms with Gasteiger partial charge < -0.3 is 14.6 Å². The van der Waals surface area contributed by atoms with Gasteiger partial charge in [-0.3, -0.25) is 4.79 Å². The smallest absolute Gasteiger partial charge is 0.165 e. The molecule has 0 spiro atoms. The van der Waals surface area contributed by atoms with E-state index in [1.165, 1.54) is 13.0 Å². The maximum Gasteiger partial charge on any atom is 0.165 e. The van der Waals surface area contributed by atoms with E-state index >= 15 is 0 Å². The van der Waals surface area contributed by atoms with Gasteiger partial charge in [0, 0.05) is 16.5 Å². The average Bonchev–Trinajstić information content (AvgIpc) is 2.55. The van der Waals surface area contributed by atoms with Gasteiger partial charge in [-0.25, -0.2) is 4.39 Å². The normalized spacial score (nSPS) is 11.9. The fraction of sp³-hybridized carbons (Fsp3) is 0.278. The Hall–Kier alpha value is -1.92. The molecule has 0 aromatic heterocycles. The maximum absolute atomic E-state index is 14.2. The summed E-state index contributed by atoms with van der Waals surface area (Å²) in [5, 5.41) is 9.34. The molecule has 24 heavy (non-hydrogen) atoms. The number of methoxy groups -OCH3 is 1. The minimum Gasteiger partial charge on any atom is -0.497 e. The van der Waals surface area contributed by atoms with E-state index < -0.39 is 17.7 Å². The lowest BCUT2D eigenvalue weighted by molar-refractivity contribution is -0.125. The van der Waals surface area contributed by atoms with Crippen molar-refractivity contribution in [2.75, 3.05) is 7.11 Å². The molecule has 2 aromatic rings. The Morgan fingerprint density at radius 2 is 1.96 bits per heavy atom. The molecule has 0 aliphatic heterocycles. The third-order valence-electron chi connectivity index (χ3n) is 3.49. The van der Waals surface area contributed by atoms with Crippen LogP contribution in [0.4, 0.5) is 4.39 Å². The highest BCUT2D eigenvalue weighted by Crippen LogP contribution is 2.29. The number of carbonyl (C=O) groups is 1. The van der Waals surface area contributed by atoms with Crippen LogP contribution in [0.1, 0.15) is 18.1 Å². The molecule has 0 saturated carbocycles. The molecule has 0 radical (unpaired) electrons. The van der Waals surface area contributed by atoms with Crippen molar-refractivity contribution in [1.29, 1.82) is 0 Å². The largest absolute Gasteiger partial charge is 0.497 e. The number of ketones is 1. The van der Waals surface area contributed by atoms with Crippen molar-refractivity contribution in [1.82, 2.24) is 0 Å². The molecule has 1 unspecified atom stereocenters. The molecule has 2 rings (SSSR count). The summed E-state index contributed by atoms with van der Waals surface area (Å²) in [6.07, 6.45) is -1.38. The SMILES string of the molecule is COc1ccc(COc2cc(Br)cc(F)c2CC(=O)C(C)O)cc1. The Morgan fingerprint density at radius 1 is 1.29 bits per heavy atom. The van der Waals surface area contributed by atoms with Gasteiger partial charge in [0.25, 0.3) is 0 Å². The minimum absolute atomic E-state index is 0.137. The van der Waals surface area contributed by atoms with E-state index in [9.17, 15) is 14.3 Å². The summed E-state index contributed by atoms with van der Waals surface area (Å²) in [5.74, 6) is -0.0178. The van der Waals surface area contributed by atoms with Crippen molar-refractivity contribution in [3.05, 3.63) is 57.8 Å². The summed E-state index contributed by atoms with van der Waals surface area (Å²) >= 11 is 3.22. The van der Waals surface area contributed by atoms with Crippen LogP contribution in [0.2, 0.25) is 0 Å². The highest BCUT2D eigenvalue weighted by atomic mass is 79.9. The molecule has 0 bridgehead atoms. The average molecular weight is 397 g/mol. The summed E-state index contributed by atoms with van der Waals surface area (Å²) < 4.78 is 25.5. The van der Waals surface area contributed by atoms with Crippen LogP contribution in [0.25, 0.3) is 0 Å². The molecule has 1 N–H and O–H groups in total. The molecule has 0 amide bonds. The Bertz CT molecular complexity index is 714. The highest BCUT2D eigenvalue weighted by molar-refractivity contribution is 9.10. The zero-order chi connectivity index (χ0) is 17.7. The Balaban J connectivity index is 2.19. The first-order valence-electron chi connectivity index (χ1n) is 7.35. The second kappa shape index (κ2) is 8.26. The molecule has 0 fully saturated rings. The molecule has 0 heterocycles. The molecule has 1 atom stereocenters. The zero-order valence-electron chi connectivity index (χ0n) is 13.4. The van der Waals surface area contributed by atoms with Crippen LogP contribution in [0.3, 0.4) is 0 Å². The fourth-order valence-electron chi connectivity index (χ4n) is 2.09. The second-order valence-electron chi connectivity index (χ2n) is 5.32. The van der Waals surface area contributed by atoms with E-state index in [-0.39, 0.29) is 24.3 Å². The summed E-state index contributed by atoms with van der Waals surface area (Å²) in [6, 6.07) is 10.2. The van der Waals surface area contributed by atoms with Crippen LogP contribution in [0.5, 0.6) is 11.5 Å². The van der Waals surface area contributed by atoms with Crippen LogP contribution in [-0.2, 0) is 17.8 Å². The van der Waals surface area contributed by atoms with Gasteiger partial charge in [-0.2, -0.15) is 0 Å². The molecule has 2 aromatic carbocycles. The molecular formula is C18H18BrFO4. The predicted molar refractivity (Wildman–Crippen MR) is 91.8 cm³/mol. The third kappa shape index (κ3) is 4.79. The molecule has 6 heteroatoms. The predicted octanol–water partition coefficient (Wildman–Crippen LogP) is 3.67. The number of Topliss-reactive ketones (excluding diaryl/α,β-unsaturated/α-hetero) is 1. The Morgan fingerprint density at radius 3 is 2.54 bits per heavy atom. The lowest BCUT2D eigenvalue weighted by Gasteiger charge is -2.14. The Kier molecular flexibility index (Phi) is 6.34. The van der Waals surface area contributed by atoms with Crippen LogP contribution in [0.15, 0.2) is 40.9 Å². The quantitative estimate of drug-likeness (QED) is 0.775. The Labute approximate surface area is 148 Å². The number of halogens is 2. The molecule has 128 valence electrons. The standard InChI is InChI=1S/C18H18BrFO4/c1-11(21)17(22)9-15-16(20)7-13(19)8-18(15)24-10-12-3-5-14(23-2)6-4-12/h3-8,11,21H,9-10H2,1-2H3. The summed E-state index contributed by atoms with van der Waals surface area (Å²) in [7, 11) is 1.58. The lowest BCUT2D eigenvalue weighted by atomic mass is 10.0. The molecular weight excluding hydrogens is 379 g/mol. The topological polar surface area (TPSA) is 55.8 Å². The van der Waals surface area contributed by atoms with Gasteiger partial charge in [0.1, 0.15) is 30.0 Å². The van der Waals surface area contributed by atoms with Gasteiger partial charge in [-0.1, -0.05) is 28.1 Å². The van der Waals surface area contributed by atoms with E-state index in [4.69, 9.17) is 9.47 Å². The summed E-state index contributed by atoms with van der Waals surface area (Å²) in [5.41, 5.74) is 1.02. The number of ether oxygens (including phenoxy) is 2. The summed E-state index contributed by atoms with van der Waals surface area (Å²) in [6.45, 7) is 1.58. The first-order chi connectivity index (χ1) is 11.4. The van der Waals surface area contributed by atoms with Crippen LogP contribution >= 0.6 is 15.9 Å². The monoisotopic (exact) mass is 396 g/mol. The fourth-order valence-corrected chi connectivity index (χ4v) is 2.49. The number of rotatable bonds is 7. The van der Waals surface area contributed by atoms with Gasteiger partial charge >= 0.3 is 0 Å². The van der Waals surface area contributed by atoms with Crippen molar-refractivity contribution in [3.63, 3.8) is 0 Å². The van der Waals surface area contributed by atoms with Crippen molar-refractivity contribution in [3.8, 4) is 11.5 Å². The number of hydrogen-bond donors (Lipinski definition) is 1. The van der Waals surface area contributed by atoms with Gasteiger partial charge in [0.2, 0.25) is 0 Å². The van der Waals surface area contributed by atoms with E-state index in [1.54, 1.807) is 25.3 Å². The second-order valence-corrected chi connectivity index (χ2v) is 6.24. The van der Waals surface area contributed by atoms with E-state index in [0.717, 1.165) is 11.3 Å². The van der Waals surface area contributed by atoms with Gasteiger partial charge in [0.05, 0.1) is 7.11 Å². The van der Waals surface area contributed by atoms with Crippen LogP contribution in [-0.4, -0.2) is 24.1 Å². The number of hydrogen-bond acceptors (Lipinski definition) is 4. The van der Waals surface area contributed by atoms with Crippen molar-refractivity contribution < 1.29 is 23.8 Å². The molecule has 4 nitrogen and oxygen atoms in total. The first-order valence-corrected chi connectivity index (χ1v) is 8.14. The highest BCUT2D eigenvalue weighted by Gasteiger charge is 2.18. The number of aliphatic hydroxyl groups excluding tert-OH is 1. The number of benzene rings is 2. The van der Waals surface area contributed by atoms with E-state index in [2.05, 4.69) is 15.9 Å². The number of aliphatic hydroxyl groups is 1. The van der Waals surface area contributed by atoms with Gasteiger partial charge in [0.15, 0.2) is 5.78 Å². The van der Waals surface area contributed by atoms with Crippen LogP contribution in [0, 0.1) is 5.82 Å². The van der Waals surface area contributed by atoms with E-state index in [0.29, 0.717) is 4.47 Å². The molecule has 0 aliphatic rings. The zero-order valence-corrected chi connectivity index (χ0v) is 15.0. The molecule has 0 saturated heterocycles. The van der Waals surface area contributed by atoms with Gasteiger partial charge in [-0.15, -0.1) is 0 Å². The van der Waals surface area contributed by atoms with Crippen LogP contribution < -0.4 is 9.47 Å². The van der Waals surface area contributed by atoms with Gasteiger partial charge in [-0.05, 0) is 36.8 Å². The van der Waals surface area contributed by atoms with Crippen molar-refractivity contribution in [2.45, 2.75) is 26.1 Å². The number of carbonyl (C=O) groups excluding carboxylic acids is 1. The summed E-state index contributed by atoms with van der Waals surface area (Å²) in [4.78, 5) is 11.7. The molecule has 0 aliphatic carbocycles.